The first-order chi connectivity index (χ1) is 21.5. The standard InChI is InChI=1S/C36H56O10/c1-18-9-12-36(31(44)46-30-28(42)27(41)26(40)22(16-37)45-30)14-13-34(5)20(25(36)19(18)2)7-8-24-32(3)15-21(39)29(43)33(4,17-38)23(32)10-11-35(24,34)6/h7,18,21-24,26-30,37-43H,8-17H2,1-6H3/t18-,21-,22-,23-,24-,26-,27+,28-,29-,30+,32-,33+,34-,35-,36+/m1/s1. The Hall–Kier alpha value is -1.37. The van der Waals surface area contributed by atoms with Gasteiger partial charge in [0, 0.05) is 5.41 Å². The fourth-order valence-electron chi connectivity index (χ4n) is 11.8. The van der Waals surface area contributed by atoms with Crippen molar-refractivity contribution in [3.8, 4) is 0 Å². The van der Waals surface area contributed by atoms with E-state index in [9.17, 15) is 40.5 Å². The molecule has 10 heteroatoms. The fourth-order valence-corrected chi connectivity index (χ4v) is 11.8. The molecule has 10 nitrogen and oxygen atoms in total. The minimum atomic E-state index is -1.67. The number of rotatable bonds is 4. The van der Waals surface area contributed by atoms with Crippen LogP contribution in [0.25, 0.3) is 0 Å². The summed E-state index contributed by atoms with van der Waals surface area (Å²) in [4.78, 5) is 14.4. The number of fused-ring (bicyclic) bond motifs is 7. The van der Waals surface area contributed by atoms with E-state index in [1.807, 2.05) is 6.92 Å². The number of carbonyl (C=O) groups excluding carboxylic acids is 1. The van der Waals surface area contributed by atoms with Crippen LogP contribution < -0.4 is 0 Å². The maximum absolute atomic E-state index is 14.4. The molecule has 0 spiro atoms. The van der Waals surface area contributed by atoms with Crippen LogP contribution in [0.2, 0.25) is 0 Å². The van der Waals surface area contributed by atoms with Gasteiger partial charge in [-0.1, -0.05) is 46.3 Å². The monoisotopic (exact) mass is 648 g/mol. The first kappa shape index (κ1) is 34.5. The topological polar surface area (TPSA) is 177 Å². The van der Waals surface area contributed by atoms with Crippen LogP contribution in [0.5, 0.6) is 0 Å². The van der Waals surface area contributed by atoms with E-state index in [0.29, 0.717) is 19.3 Å². The van der Waals surface area contributed by atoms with E-state index in [1.54, 1.807) is 0 Å². The summed E-state index contributed by atoms with van der Waals surface area (Å²) in [6, 6.07) is 0. The van der Waals surface area contributed by atoms with Crippen molar-refractivity contribution in [3.05, 3.63) is 22.8 Å². The molecule has 0 amide bonds. The van der Waals surface area contributed by atoms with Crippen molar-refractivity contribution in [2.75, 3.05) is 13.2 Å². The Morgan fingerprint density at radius 2 is 1.63 bits per heavy atom. The van der Waals surface area contributed by atoms with Crippen LogP contribution in [0.3, 0.4) is 0 Å². The second-order valence-corrected chi connectivity index (χ2v) is 16.8. The van der Waals surface area contributed by atoms with Gasteiger partial charge in [0.25, 0.3) is 0 Å². The van der Waals surface area contributed by atoms with Crippen molar-refractivity contribution in [3.63, 3.8) is 0 Å². The van der Waals surface area contributed by atoms with Gasteiger partial charge in [0.1, 0.15) is 24.4 Å². The minimum Gasteiger partial charge on any atom is -0.432 e. The predicted molar refractivity (Wildman–Crippen MR) is 168 cm³/mol. The Labute approximate surface area is 272 Å². The Balaban J connectivity index is 1.39. The Morgan fingerprint density at radius 1 is 0.935 bits per heavy atom. The van der Waals surface area contributed by atoms with Gasteiger partial charge in [-0.3, -0.25) is 4.79 Å². The molecule has 6 aliphatic rings. The average Bonchev–Trinajstić information content (AvgIpc) is 3.02. The van der Waals surface area contributed by atoms with Crippen molar-refractivity contribution < 1.29 is 50.0 Å². The van der Waals surface area contributed by atoms with E-state index >= 15 is 0 Å². The highest BCUT2D eigenvalue weighted by Gasteiger charge is 2.70. The number of hydrogen-bond donors (Lipinski definition) is 7. The van der Waals surface area contributed by atoms with E-state index < -0.39 is 66.3 Å². The van der Waals surface area contributed by atoms with Gasteiger partial charge in [0.05, 0.1) is 30.8 Å². The molecule has 5 aliphatic carbocycles. The molecule has 0 unspecified atom stereocenters. The van der Waals surface area contributed by atoms with Crippen molar-refractivity contribution in [2.45, 2.75) is 136 Å². The zero-order valence-corrected chi connectivity index (χ0v) is 28.3. The molecule has 0 radical (unpaired) electrons. The Morgan fingerprint density at radius 3 is 2.28 bits per heavy atom. The average molecular weight is 649 g/mol. The lowest BCUT2D eigenvalue weighted by molar-refractivity contribution is -0.295. The van der Waals surface area contributed by atoms with Crippen LogP contribution in [0.1, 0.15) is 92.9 Å². The Kier molecular flexibility index (Phi) is 8.50. The van der Waals surface area contributed by atoms with E-state index in [-0.39, 0.29) is 40.6 Å². The molecule has 1 aliphatic heterocycles. The molecule has 260 valence electrons. The second kappa shape index (κ2) is 11.3. The van der Waals surface area contributed by atoms with Gasteiger partial charge < -0.3 is 45.2 Å². The van der Waals surface area contributed by atoms with Crippen LogP contribution >= 0.6 is 0 Å². The molecule has 15 atom stereocenters. The summed E-state index contributed by atoms with van der Waals surface area (Å²) in [5, 5.41) is 73.8. The van der Waals surface area contributed by atoms with Crippen molar-refractivity contribution >= 4 is 5.97 Å². The molecule has 6 rings (SSSR count). The molecular formula is C36H56O10. The first-order valence-electron chi connectivity index (χ1n) is 17.4. The van der Waals surface area contributed by atoms with E-state index in [4.69, 9.17) is 9.47 Å². The molecule has 7 N–H and O–H groups in total. The number of esters is 1. The summed E-state index contributed by atoms with van der Waals surface area (Å²) in [6.07, 6.45) is -1.55. The lowest BCUT2D eigenvalue weighted by Crippen LogP contribution is -2.67. The highest BCUT2D eigenvalue weighted by Crippen LogP contribution is 2.75. The molecule has 1 saturated heterocycles. The molecule has 3 saturated carbocycles. The number of allylic oxidation sites excluding steroid dienone is 3. The molecular weight excluding hydrogens is 592 g/mol. The maximum atomic E-state index is 14.4. The molecule has 0 bridgehead atoms. The third-order valence-corrected chi connectivity index (χ3v) is 15.0. The number of ether oxygens (including phenoxy) is 2. The molecule has 46 heavy (non-hydrogen) atoms. The van der Waals surface area contributed by atoms with Gasteiger partial charge in [-0.15, -0.1) is 0 Å². The van der Waals surface area contributed by atoms with Crippen LogP contribution in [0.15, 0.2) is 22.8 Å². The molecule has 0 aromatic carbocycles. The van der Waals surface area contributed by atoms with Crippen molar-refractivity contribution in [1.29, 1.82) is 0 Å². The van der Waals surface area contributed by atoms with Crippen molar-refractivity contribution in [2.24, 2.45) is 44.8 Å². The van der Waals surface area contributed by atoms with E-state index in [2.05, 4.69) is 40.7 Å². The second-order valence-electron chi connectivity index (χ2n) is 16.8. The lowest BCUT2D eigenvalue weighted by atomic mass is 9.34. The molecule has 0 aromatic rings. The largest absolute Gasteiger partial charge is 0.432 e. The summed E-state index contributed by atoms with van der Waals surface area (Å²) >= 11 is 0. The predicted octanol–water partition coefficient (Wildman–Crippen LogP) is 2.36. The van der Waals surface area contributed by atoms with Gasteiger partial charge in [-0.05, 0) is 103 Å². The van der Waals surface area contributed by atoms with Gasteiger partial charge >= 0.3 is 5.97 Å². The summed E-state index contributed by atoms with van der Waals surface area (Å²) in [7, 11) is 0. The van der Waals surface area contributed by atoms with Gasteiger partial charge in [-0.25, -0.2) is 0 Å². The summed E-state index contributed by atoms with van der Waals surface area (Å²) in [5.74, 6) is -0.0274. The number of carbonyl (C=O) groups is 1. The zero-order valence-electron chi connectivity index (χ0n) is 28.3. The van der Waals surface area contributed by atoms with Crippen LogP contribution in [-0.4, -0.2) is 97.8 Å². The number of aliphatic hydroxyl groups excluding tert-OH is 7. The summed E-state index contributed by atoms with van der Waals surface area (Å²) < 4.78 is 11.5. The molecule has 0 aromatic heterocycles. The Bertz CT molecular complexity index is 1300. The normalized spacial score (nSPS) is 53.7. The minimum absolute atomic E-state index is 0.0480. The fraction of sp³-hybridized carbons (Fsp3) is 0.861. The zero-order chi connectivity index (χ0) is 33.8. The van der Waals surface area contributed by atoms with Crippen LogP contribution in [0.4, 0.5) is 0 Å². The molecule has 1 heterocycles. The quantitative estimate of drug-likeness (QED) is 0.224. The summed E-state index contributed by atoms with van der Waals surface area (Å²) in [5.41, 5.74) is 0.798. The SMILES string of the molecule is CC1=C2C3=CC[C@@H]4[C@]5(C)C[C@@H](O)[C@@H](O)[C@@](C)(CO)[C@@H]5CC[C@@]4(C)[C@]3(C)CC[C@@]2(C(=O)O[C@@H]2O[C@H](CO)[C@@H](O)[C@H](O)[C@H]2O)CC[C@H]1C. The van der Waals surface area contributed by atoms with Crippen LogP contribution in [0, 0.1) is 44.8 Å². The third kappa shape index (κ3) is 4.40. The first-order valence-corrected chi connectivity index (χ1v) is 17.4. The van der Waals surface area contributed by atoms with E-state index in [0.717, 1.165) is 43.3 Å². The van der Waals surface area contributed by atoms with Crippen molar-refractivity contribution in [1.82, 2.24) is 0 Å². The van der Waals surface area contributed by atoms with Gasteiger partial charge in [-0.2, -0.15) is 0 Å². The van der Waals surface area contributed by atoms with Crippen LogP contribution in [-0.2, 0) is 14.3 Å². The highest BCUT2D eigenvalue weighted by molar-refractivity contribution is 5.84. The lowest BCUT2D eigenvalue weighted by Gasteiger charge is -2.70. The number of aliphatic hydroxyl groups is 7. The third-order valence-electron chi connectivity index (χ3n) is 15.0. The van der Waals surface area contributed by atoms with E-state index in [1.165, 1.54) is 5.57 Å². The summed E-state index contributed by atoms with van der Waals surface area (Å²) in [6.45, 7) is 12.4. The van der Waals surface area contributed by atoms with Gasteiger partial charge in [0.15, 0.2) is 0 Å². The maximum Gasteiger partial charge on any atom is 0.318 e. The van der Waals surface area contributed by atoms with Gasteiger partial charge in [0.2, 0.25) is 6.29 Å². The number of hydrogen-bond acceptors (Lipinski definition) is 10. The highest BCUT2D eigenvalue weighted by atomic mass is 16.7. The smallest absolute Gasteiger partial charge is 0.318 e. The molecule has 4 fully saturated rings.